The second-order valence-electron chi connectivity index (χ2n) is 7.12. The normalized spacial score (nSPS) is 18.3. The molecule has 29 heavy (non-hydrogen) atoms. The second-order valence-corrected chi connectivity index (χ2v) is 8.13. The number of aliphatic imine (C=N–C) groups is 1. The largest absolute Gasteiger partial charge is 0.494 e. The standard InChI is InChI=1S/C23H25N3O2S/c1-3-28-20-10-6-18(7-11-20)16-21-22(27)24-23(29-21)26-14-12-25(13-15-26)19-8-4-17(2)5-9-19/h4-11,16H,3,12-15H2,1-2H3. The first-order chi connectivity index (χ1) is 14.1. The highest BCUT2D eigenvalue weighted by Crippen LogP contribution is 2.31. The minimum atomic E-state index is -0.153. The smallest absolute Gasteiger partial charge is 0.286 e. The zero-order chi connectivity index (χ0) is 20.2. The Labute approximate surface area is 176 Å². The summed E-state index contributed by atoms with van der Waals surface area (Å²) in [6.07, 6.45) is 1.90. The van der Waals surface area contributed by atoms with Crippen LogP contribution in [0.3, 0.4) is 0 Å². The van der Waals surface area contributed by atoms with Gasteiger partial charge in [-0.2, -0.15) is 4.99 Å². The Hall–Kier alpha value is -2.73. The number of amides is 1. The summed E-state index contributed by atoms with van der Waals surface area (Å²) in [5.41, 5.74) is 3.50. The van der Waals surface area contributed by atoms with E-state index in [-0.39, 0.29) is 5.91 Å². The molecule has 2 aromatic carbocycles. The Bertz CT molecular complexity index is 928. The summed E-state index contributed by atoms with van der Waals surface area (Å²) in [4.78, 5) is 22.0. The summed E-state index contributed by atoms with van der Waals surface area (Å²) in [7, 11) is 0. The predicted octanol–water partition coefficient (Wildman–Crippen LogP) is 4.19. The minimum absolute atomic E-state index is 0.153. The number of nitrogens with zero attached hydrogens (tertiary/aromatic N) is 3. The van der Waals surface area contributed by atoms with Gasteiger partial charge in [0.2, 0.25) is 0 Å². The number of benzene rings is 2. The topological polar surface area (TPSA) is 45.1 Å². The van der Waals surface area contributed by atoms with Crippen molar-refractivity contribution in [2.24, 2.45) is 4.99 Å². The van der Waals surface area contributed by atoms with Gasteiger partial charge in [0.1, 0.15) is 5.75 Å². The number of hydrogen-bond acceptors (Lipinski definition) is 5. The van der Waals surface area contributed by atoms with Crippen LogP contribution in [-0.2, 0) is 4.79 Å². The van der Waals surface area contributed by atoms with Gasteiger partial charge in [0.15, 0.2) is 5.17 Å². The molecular formula is C23H25N3O2S. The van der Waals surface area contributed by atoms with Gasteiger partial charge in [-0.1, -0.05) is 29.8 Å². The van der Waals surface area contributed by atoms with Crippen molar-refractivity contribution >= 4 is 34.6 Å². The van der Waals surface area contributed by atoms with Crippen LogP contribution < -0.4 is 9.64 Å². The van der Waals surface area contributed by atoms with Crippen LogP contribution >= 0.6 is 11.8 Å². The molecule has 0 aliphatic carbocycles. The molecule has 2 aliphatic rings. The number of aryl methyl sites for hydroxylation is 1. The Morgan fingerprint density at radius 1 is 1.00 bits per heavy atom. The van der Waals surface area contributed by atoms with E-state index in [0.717, 1.165) is 42.7 Å². The first kappa shape index (κ1) is 19.6. The molecular weight excluding hydrogens is 382 g/mol. The summed E-state index contributed by atoms with van der Waals surface area (Å²) >= 11 is 1.47. The molecule has 4 rings (SSSR count). The molecule has 0 saturated carbocycles. The van der Waals surface area contributed by atoms with Gasteiger partial charge in [0.25, 0.3) is 5.91 Å². The molecule has 1 saturated heterocycles. The van der Waals surface area contributed by atoms with Crippen LogP contribution in [0.5, 0.6) is 5.75 Å². The van der Waals surface area contributed by atoms with Crippen molar-refractivity contribution < 1.29 is 9.53 Å². The molecule has 1 fully saturated rings. The van der Waals surface area contributed by atoms with Crippen molar-refractivity contribution in [2.75, 3.05) is 37.7 Å². The van der Waals surface area contributed by atoms with E-state index in [1.807, 2.05) is 37.3 Å². The van der Waals surface area contributed by atoms with E-state index in [9.17, 15) is 4.79 Å². The van der Waals surface area contributed by atoms with Gasteiger partial charge in [-0.3, -0.25) is 4.79 Å². The van der Waals surface area contributed by atoms with Crippen LogP contribution in [0.15, 0.2) is 58.4 Å². The maximum atomic E-state index is 12.4. The van der Waals surface area contributed by atoms with Crippen LogP contribution in [-0.4, -0.2) is 48.8 Å². The van der Waals surface area contributed by atoms with Gasteiger partial charge >= 0.3 is 0 Å². The summed E-state index contributed by atoms with van der Waals surface area (Å²) in [5.74, 6) is 0.684. The lowest BCUT2D eigenvalue weighted by molar-refractivity contribution is -0.113. The van der Waals surface area contributed by atoms with Crippen LogP contribution in [0.25, 0.3) is 6.08 Å². The van der Waals surface area contributed by atoms with Crippen LogP contribution in [0.4, 0.5) is 5.69 Å². The summed E-state index contributed by atoms with van der Waals surface area (Å²) in [6, 6.07) is 16.4. The third kappa shape index (κ3) is 4.65. The van der Waals surface area contributed by atoms with E-state index in [1.54, 1.807) is 0 Å². The van der Waals surface area contributed by atoms with Crippen molar-refractivity contribution in [2.45, 2.75) is 13.8 Å². The van der Waals surface area contributed by atoms with Gasteiger partial charge in [-0.05, 0) is 61.5 Å². The SMILES string of the molecule is CCOc1ccc(C=C2SC(N3CCN(c4ccc(C)cc4)CC3)=NC2=O)cc1. The molecule has 0 spiro atoms. The quantitative estimate of drug-likeness (QED) is 0.712. The zero-order valence-electron chi connectivity index (χ0n) is 16.8. The Morgan fingerprint density at radius 3 is 2.31 bits per heavy atom. The lowest BCUT2D eigenvalue weighted by Gasteiger charge is -2.36. The molecule has 2 heterocycles. The molecule has 0 unspecified atom stereocenters. The molecule has 0 radical (unpaired) electrons. The van der Waals surface area contributed by atoms with Gasteiger partial charge < -0.3 is 14.5 Å². The Balaban J connectivity index is 1.36. The van der Waals surface area contributed by atoms with Crippen molar-refractivity contribution in [1.82, 2.24) is 4.90 Å². The third-order valence-corrected chi connectivity index (χ3v) is 6.09. The van der Waals surface area contributed by atoms with E-state index in [1.165, 1.54) is 23.0 Å². The molecule has 2 aliphatic heterocycles. The molecule has 0 N–H and O–H groups in total. The number of rotatable bonds is 4. The van der Waals surface area contributed by atoms with Gasteiger partial charge in [-0.15, -0.1) is 0 Å². The lowest BCUT2D eigenvalue weighted by atomic mass is 10.2. The number of carbonyl (C=O) groups is 1. The van der Waals surface area contributed by atoms with Crippen molar-refractivity contribution in [3.8, 4) is 5.75 Å². The van der Waals surface area contributed by atoms with E-state index in [0.29, 0.717) is 11.5 Å². The number of hydrogen-bond donors (Lipinski definition) is 0. The molecule has 2 aromatic rings. The van der Waals surface area contributed by atoms with Crippen molar-refractivity contribution in [3.05, 3.63) is 64.6 Å². The highest BCUT2D eigenvalue weighted by atomic mass is 32.2. The fourth-order valence-electron chi connectivity index (χ4n) is 3.42. The minimum Gasteiger partial charge on any atom is -0.494 e. The first-order valence-electron chi connectivity index (χ1n) is 9.94. The number of anilines is 1. The summed E-state index contributed by atoms with van der Waals surface area (Å²) in [5, 5.41) is 0.816. The Morgan fingerprint density at radius 2 is 1.66 bits per heavy atom. The number of amidine groups is 1. The van der Waals surface area contributed by atoms with E-state index < -0.39 is 0 Å². The van der Waals surface area contributed by atoms with Crippen LogP contribution in [0, 0.1) is 6.92 Å². The third-order valence-electron chi connectivity index (χ3n) is 5.05. The number of ether oxygens (including phenoxy) is 1. The molecule has 0 bridgehead atoms. The van der Waals surface area contributed by atoms with Gasteiger partial charge in [-0.25, -0.2) is 0 Å². The summed E-state index contributed by atoms with van der Waals surface area (Å²) in [6.45, 7) is 8.29. The maximum absolute atomic E-state index is 12.4. The molecule has 0 atom stereocenters. The highest BCUT2D eigenvalue weighted by molar-refractivity contribution is 8.18. The van der Waals surface area contributed by atoms with Gasteiger partial charge in [0.05, 0.1) is 11.5 Å². The first-order valence-corrected chi connectivity index (χ1v) is 10.8. The van der Waals surface area contributed by atoms with Crippen molar-refractivity contribution in [1.29, 1.82) is 0 Å². The van der Waals surface area contributed by atoms with Crippen LogP contribution in [0.2, 0.25) is 0 Å². The Kier molecular flexibility index (Phi) is 5.90. The average Bonchev–Trinajstić information content (AvgIpc) is 3.11. The monoisotopic (exact) mass is 407 g/mol. The lowest BCUT2D eigenvalue weighted by Crippen LogP contribution is -2.47. The van der Waals surface area contributed by atoms with Crippen LogP contribution in [0.1, 0.15) is 18.1 Å². The summed E-state index contributed by atoms with van der Waals surface area (Å²) < 4.78 is 5.47. The highest BCUT2D eigenvalue weighted by Gasteiger charge is 2.28. The molecule has 6 heteroatoms. The fourth-order valence-corrected chi connectivity index (χ4v) is 4.39. The number of piperazine rings is 1. The molecule has 0 aromatic heterocycles. The number of carbonyl (C=O) groups excluding carboxylic acids is 1. The number of thioether (sulfide) groups is 1. The second kappa shape index (κ2) is 8.74. The van der Waals surface area contributed by atoms with E-state index in [4.69, 9.17) is 4.74 Å². The predicted molar refractivity (Wildman–Crippen MR) is 121 cm³/mol. The van der Waals surface area contributed by atoms with E-state index >= 15 is 0 Å². The average molecular weight is 408 g/mol. The molecule has 150 valence electrons. The van der Waals surface area contributed by atoms with Gasteiger partial charge in [0, 0.05) is 31.9 Å². The zero-order valence-corrected chi connectivity index (χ0v) is 17.6. The fraction of sp³-hybridized carbons (Fsp3) is 0.304. The molecule has 5 nitrogen and oxygen atoms in total. The van der Waals surface area contributed by atoms with E-state index in [2.05, 4.69) is 46.0 Å². The molecule has 1 amide bonds. The van der Waals surface area contributed by atoms with Crippen molar-refractivity contribution in [3.63, 3.8) is 0 Å². The maximum Gasteiger partial charge on any atom is 0.286 e.